The van der Waals surface area contributed by atoms with Crippen LogP contribution in [0.4, 0.5) is 11.5 Å². The van der Waals surface area contributed by atoms with Gasteiger partial charge in [0.15, 0.2) is 0 Å². The van der Waals surface area contributed by atoms with Gasteiger partial charge < -0.3 is 5.73 Å². The van der Waals surface area contributed by atoms with Crippen LogP contribution >= 0.6 is 0 Å². The van der Waals surface area contributed by atoms with Crippen LogP contribution in [0.25, 0.3) is 0 Å². The summed E-state index contributed by atoms with van der Waals surface area (Å²) in [5.74, 6) is 0.0572. The number of hydrogen-bond acceptors (Lipinski definition) is 5. The largest absolute Gasteiger partial charge is 0.378 e. The topological polar surface area (TPSA) is 99.9 Å². The zero-order chi connectivity index (χ0) is 11.5. The predicted octanol–water partition coefficient (Wildman–Crippen LogP) is 0.817. The van der Waals surface area contributed by atoms with Gasteiger partial charge in [0.05, 0.1) is 11.5 Å². The fourth-order valence-corrected chi connectivity index (χ4v) is 1.31. The zero-order valence-electron chi connectivity index (χ0n) is 8.28. The third-order valence-corrected chi connectivity index (χ3v) is 2.14. The SMILES string of the molecule is Nc1c([N+](=O)[O-])cnn1Cc1ccncc1. The zero-order valence-corrected chi connectivity index (χ0v) is 8.28. The van der Waals surface area contributed by atoms with Crippen LogP contribution in [0.5, 0.6) is 0 Å². The number of nitro groups is 1. The van der Waals surface area contributed by atoms with Crippen molar-refractivity contribution in [2.75, 3.05) is 5.73 Å². The van der Waals surface area contributed by atoms with Crippen molar-refractivity contribution in [2.45, 2.75) is 6.54 Å². The molecule has 2 aromatic rings. The Morgan fingerprint density at radius 2 is 2.12 bits per heavy atom. The second-order valence-corrected chi connectivity index (χ2v) is 3.19. The molecule has 0 aliphatic carbocycles. The van der Waals surface area contributed by atoms with Gasteiger partial charge in [-0.25, -0.2) is 4.68 Å². The summed E-state index contributed by atoms with van der Waals surface area (Å²) in [5.41, 5.74) is 6.35. The van der Waals surface area contributed by atoms with Crippen LogP contribution in [0.1, 0.15) is 5.56 Å². The lowest BCUT2D eigenvalue weighted by atomic mass is 10.3. The standard InChI is InChI=1S/C9H9N5O2/c10-9-8(14(15)16)5-12-13(9)6-7-1-3-11-4-2-7/h1-5H,6,10H2. The summed E-state index contributed by atoms with van der Waals surface area (Å²) in [5, 5.41) is 14.4. The molecular weight excluding hydrogens is 210 g/mol. The van der Waals surface area contributed by atoms with Gasteiger partial charge in [-0.05, 0) is 17.7 Å². The molecule has 2 aromatic heterocycles. The Hall–Kier alpha value is -2.44. The number of pyridine rings is 1. The van der Waals surface area contributed by atoms with Crippen LogP contribution in [-0.4, -0.2) is 19.7 Å². The molecule has 0 atom stereocenters. The average Bonchev–Trinajstić information content (AvgIpc) is 2.62. The van der Waals surface area contributed by atoms with Crippen molar-refractivity contribution in [1.82, 2.24) is 14.8 Å². The van der Waals surface area contributed by atoms with E-state index in [1.54, 1.807) is 24.5 Å². The van der Waals surface area contributed by atoms with E-state index in [1.807, 2.05) is 0 Å². The smallest absolute Gasteiger partial charge is 0.330 e. The molecule has 16 heavy (non-hydrogen) atoms. The molecule has 2 heterocycles. The Morgan fingerprint density at radius 3 is 2.69 bits per heavy atom. The molecule has 0 aromatic carbocycles. The Labute approximate surface area is 90.7 Å². The summed E-state index contributed by atoms with van der Waals surface area (Å²) in [6, 6.07) is 3.60. The number of anilines is 1. The minimum atomic E-state index is -0.550. The molecule has 0 saturated carbocycles. The number of rotatable bonds is 3. The van der Waals surface area contributed by atoms with E-state index in [4.69, 9.17) is 5.73 Å². The summed E-state index contributed by atoms with van der Waals surface area (Å²) in [6.07, 6.45) is 4.43. The van der Waals surface area contributed by atoms with Crippen LogP contribution < -0.4 is 5.73 Å². The lowest BCUT2D eigenvalue weighted by Crippen LogP contribution is -2.06. The van der Waals surface area contributed by atoms with Gasteiger partial charge in [0.1, 0.15) is 6.20 Å². The molecule has 0 unspecified atom stereocenters. The van der Waals surface area contributed by atoms with Crippen molar-refractivity contribution in [1.29, 1.82) is 0 Å². The van der Waals surface area contributed by atoms with Gasteiger partial charge in [0.2, 0.25) is 5.82 Å². The van der Waals surface area contributed by atoms with Gasteiger partial charge in [-0.2, -0.15) is 5.10 Å². The normalized spacial score (nSPS) is 10.2. The second-order valence-electron chi connectivity index (χ2n) is 3.19. The van der Waals surface area contributed by atoms with Gasteiger partial charge in [-0.1, -0.05) is 0 Å². The molecule has 0 bridgehead atoms. The van der Waals surface area contributed by atoms with Crippen LogP contribution in [0, 0.1) is 10.1 Å². The summed E-state index contributed by atoms with van der Waals surface area (Å²) >= 11 is 0. The molecule has 2 rings (SSSR count). The molecule has 7 nitrogen and oxygen atoms in total. The Bertz CT molecular complexity index is 508. The third-order valence-electron chi connectivity index (χ3n) is 2.14. The molecule has 0 aliphatic rings. The van der Waals surface area contributed by atoms with Gasteiger partial charge >= 0.3 is 5.69 Å². The first-order valence-electron chi connectivity index (χ1n) is 4.53. The summed E-state index contributed by atoms with van der Waals surface area (Å²) in [6.45, 7) is 0.391. The van der Waals surface area contributed by atoms with Crippen molar-refractivity contribution in [2.24, 2.45) is 0 Å². The molecular formula is C9H9N5O2. The molecule has 0 fully saturated rings. The second kappa shape index (κ2) is 3.97. The molecule has 0 spiro atoms. The molecule has 2 N–H and O–H groups in total. The number of nitrogens with zero attached hydrogens (tertiary/aromatic N) is 4. The van der Waals surface area contributed by atoms with Crippen LogP contribution in [0.2, 0.25) is 0 Å². The molecule has 0 amide bonds. The van der Waals surface area contributed by atoms with Gasteiger partial charge in [0.25, 0.3) is 0 Å². The highest BCUT2D eigenvalue weighted by molar-refractivity contribution is 5.51. The van der Waals surface area contributed by atoms with Crippen LogP contribution in [0.15, 0.2) is 30.7 Å². The summed E-state index contributed by atoms with van der Waals surface area (Å²) in [4.78, 5) is 13.9. The van der Waals surface area contributed by atoms with Crippen molar-refractivity contribution < 1.29 is 4.92 Å². The Balaban J connectivity index is 2.26. The van der Waals surface area contributed by atoms with E-state index < -0.39 is 4.92 Å². The van der Waals surface area contributed by atoms with E-state index in [2.05, 4.69) is 10.1 Å². The maximum atomic E-state index is 10.5. The fraction of sp³-hybridized carbons (Fsp3) is 0.111. The van der Waals surface area contributed by atoms with Gasteiger partial charge in [-0.3, -0.25) is 15.1 Å². The van der Waals surface area contributed by atoms with Crippen molar-refractivity contribution in [3.05, 3.63) is 46.4 Å². The van der Waals surface area contributed by atoms with E-state index in [0.29, 0.717) is 6.54 Å². The van der Waals surface area contributed by atoms with Crippen molar-refractivity contribution >= 4 is 11.5 Å². The number of aromatic nitrogens is 3. The fourth-order valence-electron chi connectivity index (χ4n) is 1.31. The number of nitrogens with two attached hydrogens (primary N) is 1. The van der Waals surface area contributed by atoms with Crippen molar-refractivity contribution in [3.8, 4) is 0 Å². The minimum absolute atomic E-state index is 0.0572. The lowest BCUT2D eigenvalue weighted by molar-refractivity contribution is -0.384. The van der Waals surface area contributed by atoms with E-state index in [9.17, 15) is 10.1 Å². The van der Waals surface area contributed by atoms with Crippen LogP contribution in [0.3, 0.4) is 0 Å². The highest BCUT2D eigenvalue weighted by atomic mass is 16.6. The Morgan fingerprint density at radius 1 is 1.44 bits per heavy atom. The average molecular weight is 219 g/mol. The molecule has 0 saturated heterocycles. The van der Waals surface area contributed by atoms with Gasteiger partial charge in [-0.15, -0.1) is 0 Å². The highest BCUT2D eigenvalue weighted by Gasteiger charge is 2.17. The summed E-state index contributed by atoms with van der Waals surface area (Å²) < 4.78 is 1.38. The van der Waals surface area contributed by atoms with Crippen LogP contribution in [-0.2, 0) is 6.54 Å². The first-order valence-corrected chi connectivity index (χ1v) is 4.53. The monoisotopic (exact) mass is 219 g/mol. The quantitative estimate of drug-likeness (QED) is 0.608. The third kappa shape index (κ3) is 1.83. The molecule has 0 radical (unpaired) electrons. The van der Waals surface area contributed by atoms with E-state index in [-0.39, 0.29) is 11.5 Å². The predicted molar refractivity (Wildman–Crippen MR) is 56.6 cm³/mol. The highest BCUT2D eigenvalue weighted by Crippen LogP contribution is 2.20. The summed E-state index contributed by atoms with van der Waals surface area (Å²) in [7, 11) is 0. The number of hydrogen-bond donors (Lipinski definition) is 1. The van der Waals surface area contributed by atoms with E-state index >= 15 is 0 Å². The minimum Gasteiger partial charge on any atom is -0.378 e. The van der Waals surface area contributed by atoms with Gasteiger partial charge in [0, 0.05) is 12.4 Å². The first kappa shape index (κ1) is 10.1. The first-order chi connectivity index (χ1) is 7.68. The molecule has 7 heteroatoms. The number of nitrogen functional groups attached to an aromatic ring is 1. The lowest BCUT2D eigenvalue weighted by Gasteiger charge is -2.02. The Kier molecular flexibility index (Phi) is 2.50. The van der Waals surface area contributed by atoms with Crippen molar-refractivity contribution in [3.63, 3.8) is 0 Å². The maximum absolute atomic E-state index is 10.5. The molecule has 0 aliphatic heterocycles. The van der Waals surface area contributed by atoms with E-state index in [0.717, 1.165) is 11.8 Å². The maximum Gasteiger partial charge on any atom is 0.330 e. The molecule has 82 valence electrons. The van der Waals surface area contributed by atoms with E-state index in [1.165, 1.54) is 4.68 Å².